The summed E-state index contributed by atoms with van der Waals surface area (Å²) in [6.07, 6.45) is 1.76. The summed E-state index contributed by atoms with van der Waals surface area (Å²) in [6, 6.07) is 7.54. The van der Waals surface area contributed by atoms with Crippen LogP contribution in [0.5, 0.6) is 0 Å². The van der Waals surface area contributed by atoms with E-state index in [-0.39, 0.29) is 10.1 Å². The molecule has 9 heteroatoms. The van der Waals surface area contributed by atoms with E-state index in [2.05, 4.69) is 90.2 Å². The Labute approximate surface area is 255 Å². The predicted octanol–water partition coefficient (Wildman–Crippen LogP) is 12.4. The number of benzene rings is 2. The molecule has 0 N–H and O–H groups in total. The van der Waals surface area contributed by atoms with Crippen molar-refractivity contribution in [2.24, 2.45) is 0 Å². The highest BCUT2D eigenvalue weighted by Gasteiger charge is 2.38. The second-order valence-corrected chi connectivity index (χ2v) is 24.2. The van der Waals surface area contributed by atoms with Gasteiger partial charge in [-0.25, -0.2) is 0 Å². The Morgan fingerprint density at radius 3 is 1.49 bits per heavy atom. The third-order valence-electron chi connectivity index (χ3n) is 7.22. The molecule has 0 fully saturated rings. The second-order valence-electron chi connectivity index (χ2n) is 12.1. The minimum absolute atomic E-state index is 0.180. The molecule has 0 aliphatic rings. The van der Waals surface area contributed by atoms with E-state index < -0.39 is 16.6 Å². The van der Waals surface area contributed by atoms with Crippen LogP contribution in [-0.2, 0) is 22.1 Å². The minimum Gasteiger partial charge on any atom is -0.413 e. The third-order valence-corrected chi connectivity index (χ3v) is 18.3. The van der Waals surface area contributed by atoms with Crippen molar-refractivity contribution in [2.75, 3.05) is 0 Å². The molecule has 2 aromatic carbocycles. The number of hydrogen-bond donors (Lipinski definition) is 0. The Hall–Kier alpha value is 0.174. The summed E-state index contributed by atoms with van der Waals surface area (Å²) in [7, 11) is -3.55. The van der Waals surface area contributed by atoms with Crippen molar-refractivity contribution in [3.05, 3.63) is 72.1 Å². The molecular weight excluding hydrogens is 646 g/mol. The van der Waals surface area contributed by atoms with Gasteiger partial charge in [-0.15, -0.1) is 0 Å². The standard InChI is InChI=1S/C15H22Cl2OSi.C13H19BrCl2OSi/c1-7-11-8-12(14(17)13(16)9-11)10-18-19(5,6)15(2,3)4;1-13(2,3)18(4,5)17-8-9-6-10(14)7-11(15)12(9)16/h7-9H,1,10H2,2-6H3;6-7H,8H2,1-5H3. The van der Waals surface area contributed by atoms with E-state index in [1.807, 2.05) is 18.2 Å². The first-order valence-corrected chi connectivity index (χ1v) is 20.3. The Balaban J connectivity index is 0.000000371. The van der Waals surface area contributed by atoms with Crippen LogP contribution in [0.15, 0.2) is 35.3 Å². The highest BCUT2D eigenvalue weighted by atomic mass is 79.9. The van der Waals surface area contributed by atoms with Crippen LogP contribution < -0.4 is 0 Å². The highest BCUT2D eigenvalue weighted by molar-refractivity contribution is 9.10. The van der Waals surface area contributed by atoms with Gasteiger partial charge in [-0.2, -0.15) is 0 Å². The molecule has 37 heavy (non-hydrogen) atoms. The lowest BCUT2D eigenvalue weighted by Gasteiger charge is -2.36. The zero-order chi connectivity index (χ0) is 29.0. The Kier molecular flexibility index (Phi) is 13.0. The average Bonchev–Trinajstić information content (AvgIpc) is 2.75. The van der Waals surface area contributed by atoms with E-state index in [4.69, 9.17) is 55.3 Å². The smallest absolute Gasteiger partial charge is 0.192 e. The van der Waals surface area contributed by atoms with Gasteiger partial charge in [-0.3, -0.25) is 0 Å². The number of rotatable bonds is 7. The lowest BCUT2D eigenvalue weighted by molar-refractivity contribution is 0.276. The molecule has 0 spiro atoms. The van der Waals surface area contributed by atoms with Crippen LogP contribution in [0, 0.1) is 0 Å². The molecule has 0 unspecified atom stereocenters. The molecule has 0 bridgehead atoms. The molecule has 0 saturated carbocycles. The first-order chi connectivity index (χ1) is 16.6. The monoisotopic (exact) mass is 684 g/mol. The molecule has 0 aliphatic heterocycles. The fourth-order valence-corrected chi connectivity index (χ4v) is 5.91. The zero-order valence-electron chi connectivity index (χ0n) is 23.7. The van der Waals surface area contributed by atoms with Crippen LogP contribution in [-0.4, -0.2) is 16.6 Å². The zero-order valence-corrected chi connectivity index (χ0v) is 30.3. The van der Waals surface area contributed by atoms with Gasteiger partial charge >= 0.3 is 0 Å². The third kappa shape index (κ3) is 10.3. The summed E-state index contributed by atoms with van der Waals surface area (Å²) in [5.41, 5.74) is 2.82. The summed E-state index contributed by atoms with van der Waals surface area (Å²) in [5.74, 6) is 0. The largest absolute Gasteiger partial charge is 0.413 e. The second kappa shape index (κ2) is 13.7. The van der Waals surface area contributed by atoms with E-state index in [1.165, 1.54) is 0 Å². The van der Waals surface area contributed by atoms with E-state index in [0.717, 1.165) is 21.2 Å². The SMILES string of the molecule is C=Cc1cc(Cl)c(Cl)c(CO[Si](C)(C)C(C)(C)C)c1.CC(C)(C)[Si](C)(C)OCc1cc(Br)cc(Cl)c1Cl. The summed E-state index contributed by atoms with van der Waals surface area (Å²) in [5, 5.41) is 2.63. The van der Waals surface area contributed by atoms with Gasteiger partial charge in [-0.1, -0.05) is 117 Å². The molecule has 0 aromatic heterocycles. The first kappa shape index (κ1) is 35.2. The molecule has 0 saturated heterocycles. The quantitative estimate of drug-likeness (QED) is 0.213. The molecule has 0 radical (unpaired) electrons. The van der Waals surface area contributed by atoms with Crippen LogP contribution in [0.25, 0.3) is 6.08 Å². The molecular formula is C28H41BrCl4O2Si2. The Morgan fingerprint density at radius 2 is 1.11 bits per heavy atom. The minimum atomic E-state index is -1.78. The van der Waals surface area contributed by atoms with Crippen LogP contribution >= 0.6 is 62.3 Å². The van der Waals surface area contributed by atoms with Crippen LogP contribution in [0.3, 0.4) is 0 Å². The normalized spacial score (nSPS) is 12.7. The van der Waals surface area contributed by atoms with E-state index in [9.17, 15) is 0 Å². The Morgan fingerprint density at radius 1 is 0.730 bits per heavy atom. The maximum absolute atomic E-state index is 6.23. The van der Waals surface area contributed by atoms with Crippen molar-refractivity contribution < 1.29 is 8.85 Å². The summed E-state index contributed by atoms with van der Waals surface area (Å²) in [4.78, 5) is 0. The van der Waals surface area contributed by atoms with Crippen molar-refractivity contribution in [3.63, 3.8) is 0 Å². The van der Waals surface area contributed by atoms with Gasteiger partial charge in [0.25, 0.3) is 0 Å². The summed E-state index contributed by atoms with van der Waals surface area (Å²) >= 11 is 28.0. The number of hydrogen-bond acceptors (Lipinski definition) is 2. The van der Waals surface area contributed by atoms with Crippen LogP contribution in [0.4, 0.5) is 0 Å². The highest BCUT2D eigenvalue weighted by Crippen LogP contribution is 2.39. The topological polar surface area (TPSA) is 18.5 Å². The van der Waals surface area contributed by atoms with Crippen molar-refractivity contribution >= 4 is 85.0 Å². The van der Waals surface area contributed by atoms with Gasteiger partial charge < -0.3 is 8.85 Å². The molecule has 2 aromatic rings. The van der Waals surface area contributed by atoms with Gasteiger partial charge in [0.05, 0.1) is 33.3 Å². The van der Waals surface area contributed by atoms with E-state index >= 15 is 0 Å². The van der Waals surface area contributed by atoms with Gasteiger partial charge in [-0.05, 0) is 77.2 Å². The van der Waals surface area contributed by atoms with Crippen molar-refractivity contribution in [2.45, 2.75) is 91.0 Å². The van der Waals surface area contributed by atoms with Gasteiger partial charge in [0, 0.05) is 4.47 Å². The summed E-state index contributed by atoms with van der Waals surface area (Å²) < 4.78 is 13.2. The maximum Gasteiger partial charge on any atom is 0.192 e. The molecule has 0 aliphatic carbocycles. The first-order valence-electron chi connectivity index (χ1n) is 12.1. The molecule has 0 heterocycles. The van der Waals surface area contributed by atoms with Gasteiger partial charge in [0.1, 0.15) is 0 Å². The van der Waals surface area contributed by atoms with Gasteiger partial charge in [0.15, 0.2) is 16.6 Å². The van der Waals surface area contributed by atoms with Gasteiger partial charge in [0.2, 0.25) is 0 Å². The number of halogens is 5. The molecule has 0 amide bonds. The average molecular weight is 688 g/mol. The Bertz CT molecular complexity index is 1090. The molecule has 2 rings (SSSR count). The fraction of sp³-hybridized carbons (Fsp3) is 0.500. The van der Waals surface area contributed by atoms with Crippen molar-refractivity contribution in [3.8, 4) is 0 Å². The summed E-state index contributed by atoms with van der Waals surface area (Å²) in [6.45, 7) is 27.0. The maximum atomic E-state index is 6.23. The van der Waals surface area contributed by atoms with Crippen molar-refractivity contribution in [1.82, 2.24) is 0 Å². The van der Waals surface area contributed by atoms with Crippen LogP contribution in [0.2, 0.25) is 56.4 Å². The van der Waals surface area contributed by atoms with E-state index in [1.54, 1.807) is 12.1 Å². The molecule has 0 atom stereocenters. The van der Waals surface area contributed by atoms with Crippen molar-refractivity contribution in [1.29, 1.82) is 0 Å². The van der Waals surface area contributed by atoms with Crippen LogP contribution in [0.1, 0.15) is 58.2 Å². The molecule has 2 nitrogen and oxygen atoms in total. The lowest BCUT2D eigenvalue weighted by Crippen LogP contribution is -2.40. The molecule has 208 valence electrons. The lowest BCUT2D eigenvalue weighted by atomic mass is 10.1. The predicted molar refractivity (Wildman–Crippen MR) is 175 cm³/mol. The van der Waals surface area contributed by atoms with E-state index in [0.29, 0.717) is 33.3 Å². The fourth-order valence-electron chi connectivity index (χ4n) is 2.56.